The Morgan fingerprint density at radius 3 is 2.00 bits per heavy atom. The predicted molar refractivity (Wildman–Crippen MR) is 73.4 cm³/mol. The molecule has 24 heavy (non-hydrogen) atoms. The molecule has 0 bridgehead atoms. The lowest BCUT2D eigenvalue weighted by Gasteiger charge is -2.44. The molecular weight excluding hydrogens is 332 g/mol. The maximum absolute atomic E-state index is 10.1. The lowest BCUT2D eigenvalue weighted by molar-refractivity contribution is -0.384. The van der Waals surface area contributed by atoms with Gasteiger partial charge in [-0.05, 0) is 0 Å². The third-order valence-corrected chi connectivity index (χ3v) is 4.31. The van der Waals surface area contributed by atoms with E-state index in [1.165, 1.54) is 7.11 Å². The Bertz CT molecular complexity index is 407. The summed E-state index contributed by atoms with van der Waals surface area (Å²) < 4.78 is 20.8. The molecule has 0 aromatic heterocycles. The Morgan fingerprint density at radius 1 is 0.917 bits per heavy atom. The summed E-state index contributed by atoms with van der Waals surface area (Å²) >= 11 is 0. The summed E-state index contributed by atoms with van der Waals surface area (Å²) in [4.78, 5) is 0. The molecule has 2 aliphatic heterocycles. The van der Waals surface area contributed by atoms with E-state index in [0.29, 0.717) is 0 Å². The molecule has 2 aliphatic rings. The van der Waals surface area contributed by atoms with Crippen LogP contribution in [-0.4, -0.2) is 117 Å². The van der Waals surface area contributed by atoms with Gasteiger partial charge in [0.1, 0.15) is 49.3 Å². The maximum Gasteiger partial charge on any atom is 0.224 e. The zero-order valence-corrected chi connectivity index (χ0v) is 13.0. The van der Waals surface area contributed by atoms with E-state index in [1.54, 1.807) is 0 Å². The van der Waals surface area contributed by atoms with Gasteiger partial charge >= 0.3 is 0 Å². The molecule has 0 aromatic rings. The number of methoxy groups -OCH3 is 1. The molecular formula is C13H24O11. The van der Waals surface area contributed by atoms with E-state index in [4.69, 9.17) is 24.1 Å². The largest absolute Gasteiger partial charge is 0.394 e. The van der Waals surface area contributed by atoms with Crippen LogP contribution in [0.15, 0.2) is 0 Å². The van der Waals surface area contributed by atoms with Gasteiger partial charge in [0.25, 0.3) is 0 Å². The van der Waals surface area contributed by atoms with E-state index in [1.807, 2.05) is 0 Å². The lowest BCUT2D eigenvalue weighted by Crippen LogP contribution is -2.63. The highest BCUT2D eigenvalue weighted by Crippen LogP contribution is 2.36. The predicted octanol–water partition coefficient (Wildman–Crippen LogP) is -4.74. The lowest BCUT2D eigenvalue weighted by atomic mass is 9.98. The van der Waals surface area contributed by atoms with Crippen LogP contribution in [0, 0.1) is 0 Å². The molecule has 142 valence electrons. The number of rotatable bonds is 6. The van der Waals surface area contributed by atoms with Crippen LogP contribution in [0.2, 0.25) is 0 Å². The molecule has 7 N–H and O–H groups in total. The van der Waals surface area contributed by atoms with Gasteiger partial charge in [-0.1, -0.05) is 0 Å². The highest BCUT2D eigenvalue weighted by atomic mass is 16.8. The van der Waals surface area contributed by atoms with Crippen molar-refractivity contribution >= 4 is 0 Å². The first-order chi connectivity index (χ1) is 11.3. The van der Waals surface area contributed by atoms with Crippen molar-refractivity contribution in [1.82, 2.24) is 0 Å². The van der Waals surface area contributed by atoms with Gasteiger partial charge in [-0.25, -0.2) is 0 Å². The van der Waals surface area contributed by atoms with Crippen molar-refractivity contribution in [2.45, 2.75) is 54.8 Å². The minimum absolute atomic E-state index is 0.556. The van der Waals surface area contributed by atoms with Gasteiger partial charge in [0.15, 0.2) is 6.29 Å². The van der Waals surface area contributed by atoms with Crippen molar-refractivity contribution < 1.29 is 54.7 Å². The number of aliphatic hydroxyl groups excluding tert-OH is 7. The third kappa shape index (κ3) is 3.30. The fraction of sp³-hybridized carbons (Fsp3) is 1.00. The summed E-state index contributed by atoms with van der Waals surface area (Å²) in [6.45, 7) is -2.13. The van der Waals surface area contributed by atoms with Crippen LogP contribution in [0.3, 0.4) is 0 Å². The molecule has 2 rings (SSSR count). The number of hydrogen-bond acceptors (Lipinski definition) is 11. The van der Waals surface area contributed by atoms with Crippen LogP contribution in [0.5, 0.6) is 0 Å². The van der Waals surface area contributed by atoms with Crippen molar-refractivity contribution in [1.29, 1.82) is 0 Å². The second-order valence-corrected chi connectivity index (χ2v) is 5.77. The summed E-state index contributed by atoms with van der Waals surface area (Å²) in [5.41, 5.74) is 0. The van der Waals surface area contributed by atoms with Crippen molar-refractivity contribution in [2.75, 3.05) is 26.9 Å². The Morgan fingerprint density at radius 2 is 1.54 bits per heavy atom. The standard InChI is InChI=1S/C13H24O11/c1-21-10-6(3-15)22-12(9(19)8(10)18)24-13(4-16)11(20)7(17)5(2-14)23-13/h5-12,14-20H,2-4H2,1H3/t5-,6-,7-,8-,9-,10-,11+,12-,13?/m1/s1. The molecule has 0 aliphatic carbocycles. The van der Waals surface area contributed by atoms with Crippen LogP contribution in [0.1, 0.15) is 0 Å². The third-order valence-electron chi connectivity index (χ3n) is 4.31. The summed E-state index contributed by atoms with van der Waals surface area (Å²) in [6, 6.07) is 0. The average molecular weight is 356 g/mol. The topological polar surface area (TPSA) is 179 Å². The van der Waals surface area contributed by atoms with Crippen LogP contribution >= 0.6 is 0 Å². The van der Waals surface area contributed by atoms with Gasteiger partial charge in [-0.3, -0.25) is 0 Å². The Balaban J connectivity index is 2.18. The molecule has 0 spiro atoms. The van der Waals surface area contributed by atoms with Crippen molar-refractivity contribution in [3.05, 3.63) is 0 Å². The molecule has 0 radical (unpaired) electrons. The summed E-state index contributed by atoms with van der Waals surface area (Å²) in [5.74, 6) is -2.18. The molecule has 0 amide bonds. The van der Waals surface area contributed by atoms with E-state index in [9.17, 15) is 30.6 Å². The zero-order chi connectivity index (χ0) is 18.1. The number of aliphatic hydroxyl groups is 7. The van der Waals surface area contributed by atoms with Gasteiger partial charge in [0.05, 0.1) is 13.2 Å². The summed E-state index contributed by atoms with van der Waals surface area (Å²) in [7, 11) is 1.26. The molecule has 0 aromatic carbocycles. The smallest absolute Gasteiger partial charge is 0.224 e. The monoisotopic (exact) mass is 356 g/mol. The molecule has 2 fully saturated rings. The van der Waals surface area contributed by atoms with Crippen LogP contribution in [0.25, 0.3) is 0 Å². The first kappa shape index (κ1) is 19.9. The number of ether oxygens (including phenoxy) is 4. The molecule has 11 nitrogen and oxygen atoms in total. The zero-order valence-electron chi connectivity index (χ0n) is 13.0. The minimum Gasteiger partial charge on any atom is -0.394 e. The first-order valence-corrected chi connectivity index (χ1v) is 7.44. The van der Waals surface area contributed by atoms with Crippen LogP contribution in [-0.2, 0) is 18.9 Å². The van der Waals surface area contributed by atoms with E-state index in [0.717, 1.165) is 0 Å². The normalized spacial score (nSPS) is 49.5. The molecule has 2 heterocycles. The molecule has 2 saturated heterocycles. The SMILES string of the molecule is CO[C@H]1[C@H](O)[C@@H](O)[C@@H](OC2(CO)O[C@H](CO)[C@@H](O)[C@@H]2O)O[C@@H]1CO. The second-order valence-electron chi connectivity index (χ2n) is 5.77. The maximum atomic E-state index is 10.1. The Kier molecular flexibility index (Phi) is 6.50. The van der Waals surface area contributed by atoms with Gasteiger partial charge in [0, 0.05) is 7.11 Å². The van der Waals surface area contributed by atoms with Gasteiger partial charge in [0.2, 0.25) is 5.79 Å². The fourth-order valence-electron chi connectivity index (χ4n) is 2.91. The fourth-order valence-corrected chi connectivity index (χ4v) is 2.91. The molecule has 1 unspecified atom stereocenters. The van der Waals surface area contributed by atoms with Gasteiger partial charge < -0.3 is 54.7 Å². The number of hydrogen-bond donors (Lipinski definition) is 7. The Labute approximate surface area is 137 Å². The summed E-state index contributed by atoms with van der Waals surface area (Å²) in [5, 5.41) is 68.0. The van der Waals surface area contributed by atoms with Gasteiger partial charge in [-0.15, -0.1) is 0 Å². The summed E-state index contributed by atoms with van der Waals surface area (Å²) in [6.07, 6.45) is -11.3. The van der Waals surface area contributed by atoms with Crippen molar-refractivity contribution in [3.63, 3.8) is 0 Å². The van der Waals surface area contributed by atoms with Crippen molar-refractivity contribution in [2.24, 2.45) is 0 Å². The average Bonchev–Trinajstić information content (AvgIpc) is 2.83. The molecule has 9 atom stereocenters. The quantitative estimate of drug-likeness (QED) is 0.243. The van der Waals surface area contributed by atoms with E-state index in [-0.39, 0.29) is 0 Å². The molecule has 11 heteroatoms. The Hall–Kier alpha value is -0.440. The van der Waals surface area contributed by atoms with Crippen LogP contribution in [0.4, 0.5) is 0 Å². The van der Waals surface area contributed by atoms with E-state index < -0.39 is 74.6 Å². The van der Waals surface area contributed by atoms with Gasteiger partial charge in [-0.2, -0.15) is 0 Å². The minimum atomic E-state index is -2.18. The highest BCUT2D eigenvalue weighted by Gasteiger charge is 2.58. The molecule has 0 saturated carbocycles. The van der Waals surface area contributed by atoms with Crippen molar-refractivity contribution in [3.8, 4) is 0 Å². The van der Waals surface area contributed by atoms with Crippen LogP contribution < -0.4 is 0 Å². The van der Waals surface area contributed by atoms with E-state index in [2.05, 4.69) is 0 Å². The highest BCUT2D eigenvalue weighted by molar-refractivity contribution is 4.98. The van der Waals surface area contributed by atoms with E-state index >= 15 is 0 Å². The second kappa shape index (κ2) is 7.85. The first-order valence-electron chi connectivity index (χ1n) is 7.44.